The largest absolute Gasteiger partial charge is 0.453 e. The van der Waals surface area contributed by atoms with E-state index < -0.39 is 28.6 Å². The molecule has 0 saturated heterocycles. The molecule has 0 aliphatic heterocycles. The lowest BCUT2D eigenvalue weighted by Crippen LogP contribution is -2.35. The van der Waals surface area contributed by atoms with Crippen LogP contribution in [0.15, 0.2) is 29.2 Å². The van der Waals surface area contributed by atoms with Gasteiger partial charge in [-0.2, -0.15) is 4.31 Å². The Morgan fingerprint density at radius 2 is 1.92 bits per heavy atom. The highest BCUT2D eigenvalue weighted by Crippen LogP contribution is 2.20. The fraction of sp³-hybridized carbons (Fsp3) is 0.438. The van der Waals surface area contributed by atoms with E-state index in [0.717, 1.165) is 4.31 Å². The Balaban J connectivity index is 2.01. The van der Waals surface area contributed by atoms with E-state index in [1.165, 1.54) is 38.2 Å². The molecule has 1 fully saturated rings. The first-order valence-corrected chi connectivity index (χ1v) is 9.20. The number of nitrogens with one attached hydrogen (secondary N) is 1. The Kier molecular flexibility index (Phi) is 5.91. The second kappa shape index (κ2) is 7.75. The Morgan fingerprint density at radius 1 is 1.28 bits per heavy atom. The molecule has 1 saturated carbocycles. The van der Waals surface area contributed by atoms with Gasteiger partial charge in [-0.05, 0) is 37.1 Å². The van der Waals surface area contributed by atoms with Gasteiger partial charge in [-0.25, -0.2) is 8.42 Å². The van der Waals surface area contributed by atoms with Crippen molar-refractivity contribution in [1.82, 2.24) is 4.31 Å². The zero-order valence-electron chi connectivity index (χ0n) is 14.0. The Hall–Kier alpha value is -2.26. The van der Waals surface area contributed by atoms with E-state index in [2.05, 4.69) is 5.32 Å². The summed E-state index contributed by atoms with van der Waals surface area (Å²) in [7, 11) is -2.63. The highest BCUT2D eigenvalue weighted by molar-refractivity contribution is 7.89. The predicted molar refractivity (Wildman–Crippen MR) is 89.3 cm³/mol. The molecule has 25 heavy (non-hydrogen) atoms. The first kappa shape index (κ1) is 19.1. The molecule has 1 amide bonds. The van der Waals surface area contributed by atoms with Crippen LogP contribution in [-0.2, 0) is 29.1 Å². The molecule has 136 valence electrons. The number of carbonyl (C=O) groups excluding carboxylic acids is 3. The van der Waals surface area contributed by atoms with Crippen LogP contribution in [0.4, 0.5) is 5.69 Å². The van der Waals surface area contributed by atoms with Crippen LogP contribution in [0.1, 0.15) is 26.2 Å². The molecule has 8 nitrogen and oxygen atoms in total. The Bertz CT molecular complexity index is 772. The van der Waals surface area contributed by atoms with Gasteiger partial charge in [0.05, 0.1) is 4.90 Å². The molecule has 0 bridgehead atoms. The van der Waals surface area contributed by atoms with Crippen LogP contribution in [0.2, 0.25) is 0 Å². The van der Waals surface area contributed by atoms with Gasteiger partial charge in [0, 0.05) is 26.1 Å². The van der Waals surface area contributed by atoms with Crippen molar-refractivity contribution in [3.63, 3.8) is 0 Å². The third-order valence-electron chi connectivity index (χ3n) is 3.76. The molecule has 1 aromatic rings. The average molecular weight is 368 g/mol. The first-order valence-electron chi connectivity index (χ1n) is 7.76. The number of nitrogens with zero attached hydrogens (tertiary/aromatic N) is 1. The molecule has 1 aliphatic carbocycles. The second-order valence-electron chi connectivity index (χ2n) is 5.80. The number of likely N-dealkylation sites (N-methyl/N-ethyl adjacent to an activating group) is 1. The van der Waals surface area contributed by atoms with Gasteiger partial charge >= 0.3 is 5.97 Å². The van der Waals surface area contributed by atoms with Crippen LogP contribution in [0.5, 0.6) is 0 Å². The van der Waals surface area contributed by atoms with E-state index in [9.17, 15) is 22.8 Å². The second-order valence-corrected chi connectivity index (χ2v) is 7.85. The van der Waals surface area contributed by atoms with E-state index in [-0.39, 0.29) is 16.6 Å². The van der Waals surface area contributed by atoms with Crippen LogP contribution >= 0.6 is 0 Å². The summed E-state index contributed by atoms with van der Waals surface area (Å²) in [6.07, 6.45) is 0.768. The number of ketones is 1. The lowest BCUT2D eigenvalue weighted by Gasteiger charge is -2.18. The Labute approximate surface area is 146 Å². The van der Waals surface area contributed by atoms with Gasteiger partial charge < -0.3 is 10.1 Å². The number of carbonyl (C=O) groups is 3. The van der Waals surface area contributed by atoms with E-state index in [1.54, 1.807) is 0 Å². The van der Waals surface area contributed by atoms with Crippen molar-refractivity contribution in [2.24, 2.45) is 0 Å². The molecule has 0 unspecified atom stereocenters. The molecule has 9 heteroatoms. The van der Waals surface area contributed by atoms with E-state index in [0.29, 0.717) is 24.9 Å². The number of anilines is 1. The van der Waals surface area contributed by atoms with Crippen molar-refractivity contribution in [3.8, 4) is 0 Å². The molecule has 2 rings (SSSR count). The zero-order chi connectivity index (χ0) is 18.6. The molecule has 1 atom stereocenters. The summed E-state index contributed by atoms with van der Waals surface area (Å²) in [5.41, 5.74) is 0.466. The van der Waals surface area contributed by atoms with Gasteiger partial charge in [0.1, 0.15) is 6.54 Å². The van der Waals surface area contributed by atoms with Crippen molar-refractivity contribution < 1.29 is 27.5 Å². The van der Waals surface area contributed by atoms with Crippen LogP contribution in [-0.4, -0.2) is 50.1 Å². The van der Waals surface area contributed by atoms with E-state index >= 15 is 0 Å². The maximum absolute atomic E-state index is 12.5. The molecule has 0 aromatic heterocycles. The SMILES string of the molecule is CC(=O)Nc1ccc(S(=O)(=O)N(C)CC(=O)O[C@@H]2CCCC2=O)cc1. The number of benzene rings is 1. The van der Waals surface area contributed by atoms with Gasteiger partial charge in [0.25, 0.3) is 0 Å². The molecule has 1 N–H and O–H groups in total. The number of amides is 1. The number of hydrogen-bond acceptors (Lipinski definition) is 6. The summed E-state index contributed by atoms with van der Waals surface area (Å²) in [6.45, 7) is 0.860. The third kappa shape index (κ3) is 4.86. The fourth-order valence-corrected chi connectivity index (χ4v) is 3.58. The van der Waals surface area contributed by atoms with Crippen LogP contribution in [0.3, 0.4) is 0 Å². The molecule has 0 spiro atoms. The lowest BCUT2D eigenvalue weighted by molar-refractivity contribution is -0.153. The zero-order valence-corrected chi connectivity index (χ0v) is 14.8. The molecular weight excluding hydrogens is 348 g/mol. The Morgan fingerprint density at radius 3 is 2.44 bits per heavy atom. The fourth-order valence-electron chi connectivity index (χ4n) is 2.46. The van der Waals surface area contributed by atoms with Crippen molar-refractivity contribution in [3.05, 3.63) is 24.3 Å². The predicted octanol–water partition coefficient (Wildman–Crippen LogP) is 0.930. The standard InChI is InChI=1S/C16H20N2O6S/c1-11(19)17-12-6-8-13(9-7-12)25(22,23)18(2)10-16(21)24-15-5-3-4-14(15)20/h6-9,15H,3-5,10H2,1-2H3,(H,17,19)/t15-/m1/s1. The summed E-state index contributed by atoms with van der Waals surface area (Å²) in [6, 6.07) is 5.58. The van der Waals surface area contributed by atoms with E-state index in [1.807, 2.05) is 0 Å². The summed E-state index contributed by atoms with van der Waals surface area (Å²) in [4.78, 5) is 34.3. The van der Waals surface area contributed by atoms with Gasteiger partial charge in [0.2, 0.25) is 15.9 Å². The molecule has 0 radical (unpaired) electrons. The lowest BCUT2D eigenvalue weighted by atomic mass is 10.3. The summed E-state index contributed by atoms with van der Waals surface area (Å²) < 4.78 is 30.8. The number of Topliss-reactive ketones (excluding diaryl/α,β-unsaturated/α-hetero) is 1. The smallest absolute Gasteiger partial charge is 0.322 e. The number of sulfonamides is 1. The molecule has 0 heterocycles. The number of ether oxygens (including phenoxy) is 1. The van der Waals surface area contributed by atoms with Gasteiger partial charge in [0.15, 0.2) is 11.9 Å². The minimum Gasteiger partial charge on any atom is -0.453 e. The summed E-state index contributed by atoms with van der Waals surface area (Å²) >= 11 is 0. The van der Waals surface area contributed by atoms with Gasteiger partial charge in [-0.1, -0.05) is 0 Å². The maximum Gasteiger partial charge on any atom is 0.322 e. The summed E-state index contributed by atoms with van der Waals surface area (Å²) in [5, 5.41) is 2.54. The number of hydrogen-bond donors (Lipinski definition) is 1. The first-order chi connectivity index (χ1) is 11.7. The highest BCUT2D eigenvalue weighted by Gasteiger charge is 2.30. The van der Waals surface area contributed by atoms with Gasteiger partial charge in [-0.3, -0.25) is 14.4 Å². The maximum atomic E-state index is 12.5. The van der Waals surface area contributed by atoms with Crippen LogP contribution < -0.4 is 5.32 Å². The normalized spacial score (nSPS) is 17.6. The highest BCUT2D eigenvalue weighted by atomic mass is 32.2. The van der Waals surface area contributed by atoms with Crippen molar-refractivity contribution in [2.45, 2.75) is 37.2 Å². The van der Waals surface area contributed by atoms with Gasteiger partial charge in [-0.15, -0.1) is 0 Å². The number of rotatable bonds is 6. The van der Waals surface area contributed by atoms with Crippen LogP contribution in [0.25, 0.3) is 0 Å². The average Bonchev–Trinajstić information content (AvgIpc) is 2.92. The minimum absolute atomic E-state index is 0.0196. The van der Waals surface area contributed by atoms with Crippen molar-refractivity contribution in [2.75, 3.05) is 18.9 Å². The summed E-state index contributed by atoms with van der Waals surface area (Å²) in [5.74, 6) is -1.16. The molecule has 1 aliphatic rings. The molecule has 1 aromatic carbocycles. The minimum atomic E-state index is -3.89. The topological polar surface area (TPSA) is 110 Å². The van der Waals surface area contributed by atoms with E-state index in [4.69, 9.17) is 4.74 Å². The quantitative estimate of drug-likeness (QED) is 0.748. The monoisotopic (exact) mass is 368 g/mol. The van der Waals surface area contributed by atoms with Crippen molar-refractivity contribution in [1.29, 1.82) is 0 Å². The third-order valence-corrected chi connectivity index (χ3v) is 5.57. The van der Waals surface area contributed by atoms with Crippen molar-refractivity contribution >= 4 is 33.4 Å². The number of esters is 1. The molecular formula is C16H20N2O6S. The van der Waals surface area contributed by atoms with Crippen LogP contribution in [0, 0.1) is 0 Å².